The number of aliphatic hydroxyl groups is 1. The smallest absolute Gasteiger partial charge is 0.113 e. The third-order valence-electron chi connectivity index (χ3n) is 3.21. The standard InChI is InChI=1S/C17H14OS/c1-2-15-9-10-16(19-15)17(18)14-8-7-12-5-3-4-6-13(12)11-14/h2-11,17-18H,1H2. The Labute approximate surface area is 116 Å². The molecular weight excluding hydrogens is 252 g/mol. The molecule has 1 heterocycles. The van der Waals surface area contributed by atoms with Gasteiger partial charge in [0.15, 0.2) is 0 Å². The third kappa shape index (κ3) is 2.33. The van der Waals surface area contributed by atoms with Crippen molar-refractivity contribution < 1.29 is 5.11 Å². The number of thiophene rings is 1. The first-order valence-electron chi connectivity index (χ1n) is 6.17. The van der Waals surface area contributed by atoms with Gasteiger partial charge in [0.25, 0.3) is 0 Å². The van der Waals surface area contributed by atoms with Crippen LogP contribution < -0.4 is 0 Å². The van der Waals surface area contributed by atoms with E-state index in [1.54, 1.807) is 17.4 Å². The molecule has 94 valence electrons. The number of rotatable bonds is 3. The van der Waals surface area contributed by atoms with Crippen LogP contribution in [0.5, 0.6) is 0 Å². The van der Waals surface area contributed by atoms with E-state index in [-0.39, 0.29) is 0 Å². The van der Waals surface area contributed by atoms with Crippen LogP contribution in [0.3, 0.4) is 0 Å². The van der Waals surface area contributed by atoms with E-state index in [2.05, 4.69) is 24.8 Å². The lowest BCUT2D eigenvalue weighted by atomic mass is 10.0. The molecule has 2 heteroatoms. The predicted octanol–water partition coefficient (Wildman–Crippen LogP) is 4.63. The summed E-state index contributed by atoms with van der Waals surface area (Å²) < 4.78 is 0. The first-order valence-corrected chi connectivity index (χ1v) is 6.98. The van der Waals surface area contributed by atoms with Crippen molar-refractivity contribution >= 4 is 28.2 Å². The summed E-state index contributed by atoms with van der Waals surface area (Å²) in [6.45, 7) is 3.75. The van der Waals surface area contributed by atoms with Crippen LogP contribution in [0.2, 0.25) is 0 Å². The fraction of sp³-hybridized carbons (Fsp3) is 0.0588. The van der Waals surface area contributed by atoms with Gasteiger partial charge < -0.3 is 5.11 Å². The van der Waals surface area contributed by atoms with E-state index >= 15 is 0 Å². The number of hydrogen-bond acceptors (Lipinski definition) is 2. The van der Waals surface area contributed by atoms with Gasteiger partial charge in [-0.25, -0.2) is 0 Å². The predicted molar refractivity (Wildman–Crippen MR) is 82.4 cm³/mol. The molecule has 1 unspecified atom stereocenters. The molecule has 0 radical (unpaired) electrons. The zero-order valence-corrected chi connectivity index (χ0v) is 11.2. The second kappa shape index (κ2) is 5.00. The van der Waals surface area contributed by atoms with Gasteiger partial charge in [-0.05, 0) is 34.5 Å². The topological polar surface area (TPSA) is 20.2 Å². The van der Waals surface area contributed by atoms with Gasteiger partial charge in [0.05, 0.1) is 0 Å². The van der Waals surface area contributed by atoms with Crippen LogP contribution in [0.4, 0.5) is 0 Å². The summed E-state index contributed by atoms with van der Waals surface area (Å²) >= 11 is 1.57. The molecule has 0 saturated heterocycles. The van der Waals surface area contributed by atoms with Crippen LogP contribution in [-0.2, 0) is 0 Å². The molecule has 0 bridgehead atoms. The molecule has 0 spiro atoms. The molecule has 0 amide bonds. The quantitative estimate of drug-likeness (QED) is 0.733. The van der Waals surface area contributed by atoms with Crippen LogP contribution in [-0.4, -0.2) is 5.11 Å². The van der Waals surface area contributed by atoms with Gasteiger partial charge in [0, 0.05) is 9.75 Å². The highest BCUT2D eigenvalue weighted by Gasteiger charge is 2.12. The molecule has 1 nitrogen and oxygen atoms in total. The molecule has 3 rings (SSSR count). The van der Waals surface area contributed by atoms with Gasteiger partial charge in [0.1, 0.15) is 6.10 Å². The SMILES string of the molecule is C=Cc1ccc(C(O)c2ccc3ccccc3c2)s1. The van der Waals surface area contributed by atoms with Crippen molar-refractivity contribution in [3.63, 3.8) is 0 Å². The lowest BCUT2D eigenvalue weighted by molar-refractivity contribution is 0.224. The van der Waals surface area contributed by atoms with Crippen molar-refractivity contribution in [2.75, 3.05) is 0 Å². The van der Waals surface area contributed by atoms with Crippen LogP contribution in [0.25, 0.3) is 16.8 Å². The lowest BCUT2D eigenvalue weighted by Gasteiger charge is -2.10. The maximum absolute atomic E-state index is 10.4. The number of hydrogen-bond donors (Lipinski definition) is 1. The van der Waals surface area contributed by atoms with Crippen molar-refractivity contribution in [3.8, 4) is 0 Å². The summed E-state index contributed by atoms with van der Waals surface area (Å²) in [5.41, 5.74) is 0.927. The molecule has 3 aromatic rings. The van der Waals surface area contributed by atoms with E-state index in [1.807, 2.05) is 36.4 Å². The molecule has 2 aromatic carbocycles. The Hall–Kier alpha value is -1.90. The summed E-state index contributed by atoms with van der Waals surface area (Å²) in [5.74, 6) is 0. The minimum absolute atomic E-state index is 0.566. The molecule has 0 aliphatic heterocycles. The number of fused-ring (bicyclic) bond motifs is 1. The van der Waals surface area contributed by atoms with Gasteiger partial charge in [-0.15, -0.1) is 11.3 Å². The summed E-state index contributed by atoms with van der Waals surface area (Å²) in [4.78, 5) is 2.03. The first kappa shape index (κ1) is 12.2. The van der Waals surface area contributed by atoms with Crippen LogP contribution in [0, 0.1) is 0 Å². The highest BCUT2D eigenvalue weighted by Crippen LogP contribution is 2.30. The zero-order chi connectivity index (χ0) is 13.2. The van der Waals surface area contributed by atoms with Gasteiger partial charge in [-0.1, -0.05) is 49.1 Å². The maximum atomic E-state index is 10.4. The average molecular weight is 266 g/mol. The van der Waals surface area contributed by atoms with Gasteiger partial charge in [-0.2, -0.15) is 0 Å². The van der Waals surface area contributed by atoms with E-state index in [9.17, 15) is 5.11 Å². The van der Waals surface area contributed by atoms with Gasteiger partial charge in [-0.3, -0.25) is 0 Å². The van der Waals surface area contributed by atoms with Gasteiger partial charge in [0.2, 0.25) is 0 Å². The highest BCUT2D eigenvalue weighted by atomic mass is 32.1. The van der Waals surface area contributed by atoms with Crippen LogP contribution in [0.1, 0.15) is 21.4 Å². The minimum Gasteiger partial charge on any atom is -0.383 e. The summed E-state index contributed by atoms with van der Waals surface area (Å²) in [6, 6.07) is 18.2. The minimum atomic E-state index is -0.566. The maximum Gasteiger partial charge on any atom is 0.113 e. The number of aliphatic hydroxyl groups excluding tert-OH is 1. The molecule has 1 N–H and O–H groups in total. The molecule has 1 atom stereocenters. The van der Waals surface area contributed by atoms with E-state index in [1.165, 1.54) is 5.39 Å². The molecule has 0 saturated carbocycles. The first-order chi connectivity index (χ1) is 9.28. The van der Waals surface area contributed by atoms with Crippen molar-refractivity contribution in [3.05, 3.63) is 76.5 Å². The number of benzene rings is 2. The Morgan fingerprint density at radius 1 is 1.00 bits per heavy atom. The van der Waals surface area contributed by atoms with E-state index < -0.39 is 6.10 Å². The van der Waals surface area contributed by atoms with E-state index in [4.69, 9.17) is 0 Å². The average Bonchev–Trinajstić information content (AvgIpc) is 2.95. The Bertz CT molecular complexity index is 727. The van der Waals surface area contributed by atoms with Crippen LogP contribution in [0.15, 0.2) is 61.2 Å². The second-order valence-electron chi connectivity index (χ2n) is 4.45. The van der Waals surface area contributed by atoms with Crippen LogP contribution >= 0.6 is 11.3 Å². The summed E-state index contributed by atoms with van der Waals surface area (Å²) in [7, 11) is 0. The Balaban J connectivity index is 2.00. The Morgan fingerprint density at radius 2 is 1.79 bits per heavy atom. The largest absolute Gasteiger partial charge is 0.383 e. The van der Waals surface area contributed by atoms with Crippen molar-refractivity contribution in [1.29, 1.82) is 0 Å². The Kier molecular flexibility index (Phi) is 3.20. The normalized spacial score (nSPS) is 12.5. The monoisotopic (exact) mass is 266 g/mol. The fourth-order valence-corrected chi connectivity index (χ4v) is 3.04. The fourth-order valence-electron chi connectivity index (χ4n) is 2.17. The summed E-state index contributed by atoms with van der Waals surface area (Å²) in [6.07, 6.45) is 1.24. The molecule has 0 fully saturated rings. The zero-order valence-electron chi connectivity index (χ0n) is 10.4. The highest BCUT2D eigenvalue weighted by molar-refractivity contribution is 7.13. The van der Waals surface area contributed by atoms with E-state index in [0.29, 0.717) is 0 Å². The molecule has 19 heavy (non-hydrogen) atoms. The lowest BCUT2D eigenvalue weighted by Crippen LogP contribution is -1.96. The van der Waals surface area contributed by atoms with E-state index in [0.717, 1.165) is 20.7 Å². The van der Waals surface area contributed by atoms with Crippen molar-refractivity contribution in [2.45, 2.75) is 6.10 Å². The van der Waals surface area contributed by atoms with Crippen molar-refractivity contribution in [2.24, 2.45) is 0 Å². The third-order valence-corrected chi connectivity index (χ3v) is 4.34. The summed E-state index contributed by atoms with van der Waals surface area (Å²) in [5, 5.41) is 12.8. The molecule has 0 aliphatic rings. The second-order valence-corrected chi connectivity index (χ2v) is 5.60. The Morgan fingerprint density at radius 3 is 2.53 bits per heavy atom. The van der Waals surface area contributed by atoms with Crippen molar-refractivity contribution in [1.82, 2.24) is 0 Å². The molecular formula is C17H14OS. The van der Waals surface area contributed by atoms with Gasteiger partial charge >= 0.3 is 0 Å². The molecule has 0 aliphatic carbocycles. The molecule has 1 aromatic heterocycles.